The van der Waals surface area contributed by atoms with Gasteiger partial charge in [0.2, 0.25) is 0 Å². The number of nitrogens with zero attached hydrogens (tertiary/aromatic N) is 5. The number of ether oxygens (including phenoxy) is 1. The van der Waals surface area contributed by atoms with Gasteiger partial charge < -0.3 is 25.1 Å². The van der Waals surface area contributed by atoms with E-state index in [2.05, 4.69) is 19.9 Å². The van der Waals surface area contributed by atoms with Crippen LogP contribution in [-0.4, -0.2) is 65.7 Å². The summed E-state index contributed by atoms with van der Waals surface area (Å²) in [6.45, 7) is 1.15. The van der Waals surface area contributed by atoms with Gasteiger partial charge in [-0.1, -0.05) is 0 Å². The Morgan fingerprint density at radius 3 is 2.97 bits per heavy atom. The van der Waals surface area contributed by atoms with E-state index in [1.807, 2.05) is 0 Å². The van der Waals surface area contributed by atoms with Crippen molar-refractivity contribution in [3.8, 4) is 11.5 Å². The Bertz CT molecular complexity index is 1490. The molecule has 2 aliphatic rings. The molecule has 1 unspecified atom stereocenters. The van der Waals surface area contributed by atoms with Crippen molar-refractivity contribution in [2.45, 2.75) is 43.5 Å². The Labute approximate surface area is 216 Å². The number of nitrogens with two attached hydrogens (primary N) is 1. The van der Waals surface area contributed by atoms with Crippen LogP contribution >= 0.6 is 7.82 Å². The smallest absolute Gasteiger partial charge is 0.463 e. The van der Waals surface area contributed by atoms with Gasteiger partial charge in [-0.15, -0.1) is 0 Å². The van der Waals surface area contributed by atoms with Crippen molar-refractivity contribution >= 4 is 24.8 Å². The summed E-state index contributed by atoms with van der Waals surface area (Å²) in [6.07, 6.45) is 2.09. The second-order valence-corrected chi connectivity index (χ2v) is 10.8. The molecule has 200 valence electrons. The standard InChI is InChI=1S/C23H25N6O8P/c1-23(31)19(30)17(36-22(23)29-12-28-18-20(24)26-11-27-21(18)29)10-35-38(32)34-8-5-15(37-38)13-4-6-25-14(9-13)16-3-2-7-33-16/h2-4,6-7,9,11-12,15,17,19,22,30-31H,5,8,10H2,1H3,(H2,24,26,27)/t15-,17+,19+,22+,23+,38?/m0/s1. The molecule has 6 atom stereocenters. The maximum atomic E-state index is 13.3. The molecule has 15 heteroatoms. The fourth-order valence-corrected chi connectivity index (χ4v) is 5.99. The van der Waals surface area contributed by atoms with Crippen molar-refractivity contribution < 1.29 is 37.5 Å². The van der Waals surface area contributed by atoms with Crippen LogP contribution in [0.2, 0.25) is 0 Å². The van der Waals surface area contributed by atoms with Crippen molar-refractivity contribution in [3.05, 3.63) is 54.9 Å². The number of aromatic nitrogens is 5. The summed E-state index contributed by atoms with van der Waals surface area (Å²) in [4.78, 5) is 16.5. The lowest BCUT2D eigenvalue weighted by Crippen LogP contribution is -2.44. The van der Waals surface area contributed by atoms with Gasteiger partial charge in [0.15, 0.2) is 23.5 Å². The quantitative estimate of drug-likeness (QED) is 0.300. The Balaban J connectivity index is 1.16. The van der Waals surface area contributed by atoms with Crippen LogP contribution in [-0.2, 0) is 22.9 Å². The number of pyridine rings is 1. The van der Waals surface area contributed by atoms with E-state index in [4.69, 9.17) is 28.5 Å². The van der Waals surface area contributed by atoms with Crippen LogP contribution in [0.3, 0.4) is 0 Å². The van der Waals surface area contributed by atoms with E-state index < -0.39 is 38.0 Å². The van der Waals surface area contributed by atoms with Gasteiger partial charge in [0.05, 0.1) is 31.9 Å². The van der Waals surface area contributed by atoms with Crippen molar-refractivity contribution in [2.24, 2.45) is 0 Å². The van der Waals surface area contributed by atoms with Crippen LogP contribution in [0, 0.1) is 0 Å². The fourth-order valence-electron chi connectivity index (χ4n) is 4.60. The highest BCUT2D eigenvalue weighted by molar-refractivity contribution is 7.48. The maximum absolute atomic E-state index is 13.3. The van der Waals surface area contributed by atoms with E-state index in [0.717, 1.165) is 5.56 Å². The molecule has 4 aromatic heterocycles. The number of rotatable bonds is 6. The van der Waals surface area contributed by atoms with Crippen LogP contribution in [0.4, 0.5) is 5.82 Å². The molecule has 2 fully saturated rings. The second-order valence-electron chi connectivity index (χ2n) is 9.19. The molecule has 6 heterocycles. The van der Waals surface area contributed by atoms with Crippen molar-refractivity contribution in [3.63, 3.8) is 0 Å². The van der Waals surface area contributed by atoms with Gasteiger partial charge in [0.25, 0.3) is 0 Å². The molecular formula is C23H25N6O8P. The first-order chi connectivity index (χ1) is 18.2. The minimum Gasteiger partial charge on any atom is -0.463 e. The summed E-state index contributed by atoms with van der Waals surface area (Å²) in [7, 11) is -4.03. The number of hydrogen-bond acceptors (Lipinski definition) is 13. The number of nitrogen functional groups attached to an aromatic ring is 1. The summed E-state index contributed by atoms with van der Waals surface area (Å²) < 4.78 is 42.8. The highest BCUT2D eigenvalue weighted by atomic mass is 31.2. The predicted octanol–water partition coefficient (Wildman–Crippen LogP) is 2.38. The number of aliphatic hydroxyl groups excluding tert-OH is 1. The fraction of sp³-hybridized carbons (Fsp3) is 0.391. The average Bonchev–Trinajstić information content (AvgIpc) is 3.64. The normalized spacial score (nSPS) is 31.7. The van der Waals surface area contributed by atoms with Crippen LogP contribution < -0.4 is 5.73 Å². The Kier molecular flexibility index (Phi) is 6.27. The molecule has 4 aromatic rings. The molecule has 0 saturated carbocycles. The third kappa shape index (κ3) is 4.39. The molecule has 0 bridgehead atoms. The number of phosphoric ester groups is 1. The van der Waals surface area contributed by atoms with E-state index in [-0.39, 0.29) is 19.0 Å². The van der Waals surface area contributed by atoms with Gasteiger partial charge in [0, 0.05) is 12.6 Å². The predicted molar refractivity (Wildman–Crippen MR) is 130 cm³/mol. The van der Waals surface area contributed by atoms with E-state index in [1.54, 1.807) is 36.7 Å². The van der Waals surface area contributed by atoms with E-state index >= 15 is 0 Å². The molecule has 2 saturated heterocycles. The highest BCUT2D eigenvalue weighted by Gasteiger charge is 2.54. The SMILES string of the molecule is C[C@@]1(O)[C@H](O)[C@@H](COP2(=O)OCC[C@@H](c3ccnc(-c4ccco4)c3)O2)O[C@H]1n1cnc2c(N)ncnc21. The van der Waals surface area contributed by atoms with E-state index in [0.29, 0.717) is 29.0 Å². The zero-order valence-corrected chi connectivity index (χ0v) is 21.0. The number of phosphoric acid groups is 1. The van der Waals surface area contributed by atoms with Crippen LogP contribution in [0.25, 0.3) is 22.6 Å². The zero-order valence-electron chi connectivity index (χ0n) is 20.2. The number of hydrogen-bond donors (Lipinski definition) is 3. The Hall–Kier alpha value is -3.23. The van der Waals surface area contributed by atoms with Crippen molar-refractivity contribution in [1.82, 2.24) is 24.5 Å². The van der Waals surface area contributed by atoms with Gasteiger partial charge in [-0.2, -0.15) is 0 Å². The topological polar surface area (TPSA) is 190 Å². The molecule has 38 heavy (non-hydrogen) atoms. The second kappa shape index (κ2) is 9.50. The molecule has 0 aromatic carbocycles. The van der Waals surface area contributed by atoms with Gasteiger partial charge in [-0.25, -0.2) is 19.5 Å². The van der Waals surface area contributed by atoms with E-state index in [9.17, 15) is 14.8 Å². The molecule has 0 radical (unpaired) electrons. The molecule has 0 spiro atoms. The minimum atomic E-state index is -4.03. The Morgan fingerprint density at radius 1 is 1.29 bits per heavy atom. The lowest BCUT2D eigenvalue weighted by Gasteiger charge is -2.30. The molecular weight excluding hydrogens is 519 g/mol. The number of imidazole rings is 1. The Morgan fingerprint density at radius 2 is 2.16 bits per heavy atom. The van der Waals surface area contributed by atoms with Gasteiger partial charge in [-0.05, 0) is 36.8 Å². The maximum Gasteiger partial charge on any atom is 0.475 e. The highest BCUT2D eigenvalue weighted by Crippen LogP contribution is 2.57. The minimum absolute atomic E-state index is 0.122. The van der Waals surface area contributed by atoms with Gasteiger partial charge in [-0.3, -0.25) is 23.1 Å². The number of aliphatic hydroxyl groups is 2. The summed E-state index contributed by atoms with van der Waals surface area (Å²) in [5.41, 5.74) is 6.06. The molecule has 14 nitrogen and oxygen atoms in total. The van der Waals surface area contributed by atoms with Gasteiger partial charge in [0.1, 0.15) is 35.3 Å². The van der Waals surface area contributed by atoms with Crippen molar-refractivity contribution in [2.75, 3.05) is 18.9 Å². The van der Waals surface area contributed by atoms with Crippen LogP contribution in [0.1, 0.15) is 31.2 Å². The zero-order chi connectivity index (χ0) is 26.5. The first-order valence-corrected chi connectivity index (χ1v) is 13.3. The first-order valence-electron chi connectivity index (χ1n) is 11.8. The first kappa shape index (κ1) is 25.1. The molecule has 2 aliphatic heterocycles. The molecule has 6 rings (SSSR count). The average molecular weight is 544 g/mol. The third-order valence-corrected chi connectivity index (χ3v) is 8.08. The lowest BCUT2D eigenvalue weighted by atomic mass is 9.96. The summed E-state index contributed by atoms with van der Waals surface area (Å²) >= 11 is 0. The summed E-state index contributed by atoms with van der Waals surface area (Å²) in [5.74, 6) is 0.753. The monoisotopic (exact) mass is 544 g/mol. The van der Waals surface area contributed by atoms with E-state index in [1.165, 1.54) is 24.1 Å². The molecule has 0 amide bonds. The number of fused-ring (bicyclic) bond motifs is 1. The van der Waals surface area contributed by atoms with Crippen LogP contribution in [0.5, 0.6) is 0 Å². The molecule has 4 N–H and O–H groups in total. The number of furan rings is 1. The summed E-state index contributed by atoms with van der Waals surface area (Å²) in [6, 6.07) is 7.09. The van der Waals surface area contributed by atoms with Gasteiger partial charge >= 0.3 is 7.82 Å². The summed E-state index contributed by atoms with van der Waals surface area (Å²) in [5, 5.41) is 21.9. The third-order valence-electron chi connectivity index (χ3n) is 6.61. The largest absolute Gasteiger partial charge is 0.475 e. The van der Waals surface area contributed by atoms with Crippen molar-refractivity contribution in [1.29, 1.82) is 0 Å². The lowest BCUT2D eigenvalue weighted by molar-refractivity contribution is -0.0953. The molecule has 0 aliphatic carbocycles. The van der Waals surface area contributed by atoms with Crippen LogP contribution in [0.15, 0.2) is 53.8 Å². The number of anilines is 1.